The van der Waals surface area contributed by atoms with E-state index in [0.29, 0.717) is 28.7 Å². The predicted molar refractivity (Wildman–Crippen MR) is 73.9 cm³/mol. The lowest BCUT2D eigenvalue weighted by molar-refractivity contribution is 0.463. The molecule has 20 heavy (non-hydrogen) atoms. The Morgan fingerprint density at radius 1 is 1.35 bits per heavy atom. The average Bonchev–Trinajstić information content (AvgIpc) is 3.06. The van der Waals surface area contributed by atoms with Crippen LogP contribution >= 0.6 is 0 Å². The Kier molecular flexibility index (Phi) is 2.97. The van der Waals surface area contributed by atoms with E-state index >= 15 is 0 Å². The van der Waals surface area contributed by atoms with E-state index in [0.717, 1.165) is 0 Å². The van der Waals surface area contributed by atoms with Crippen LogP contribution in [0.4, 0.5) is 5.95 Å². The monoisotopic (exact) mass is 273 g/mol. The third kappa shape index (κ3) is 2.15. The summed E-state index contributed by atoms with van der Waals surface area (Å²) < 4.78 is 7.60. The summed E-state index contributed by atoms with van der Waals surface area (Å²) in [5.74, 6) is 1.49. The van der Waals surface area contributed by atoms with Gasteiger partial charge in [0.05, 0.1) is 18.7 Å². The molecule has 0 aromatic carbocycles. The number of H-pyrrole nitrogens is 1. The van der Waals surface area contributed by atoms with E-state index < -0.39 is 0 Å². The van der Waals surface area contributed by atoms with Crippen LogP contribution in [-0.4, -0.2) is 36.8 Å². The first-order valence-electron chi connectivity index (χ1n) is 6.28. The van der Waals surface area contributed by atoms with E-state index in [1.165, 1.54) is 0 Å². The summed E-state index contributed by atoms with van der Waals surface area (Å²) in [6.45, 7) is 4.10. The standard InChI is InChI=1S/C12H15N7O/c1-7(2)19-5-8(4-16-19)20-11-9-10(15-6-14-9)17-12(13-3)18-11/h4-7H,1-3H3,(H2,13,14,15,17,18). The van der Waals surface area contributed by atoms with Crippen LogP contribution in [0, 0.1) is 0 Å². The van der Waals surface area contributed by atoms with Crippen molar-refractivity contribution in [2.75, 3.05) is 12.4 Å². The molecule has 8 nitrogen and oxygen atoms in total. The second-order valence-electron chi connectivity index (χ2n) is 4.56. The highest BCUT2D eigenvalue weighted by atomic mass is 16.5. The highest BCUT2D eigenvalue weighted by molar-refractivity contribution is 5.77. The normalized spacial score (nSPS) is 11.2. The molecule has 0 bridgehead atoms. The van der Waals surface area contributed by atoms with Crippen molar-refractivity contribution in [2.24, 2.45) is 0 Å². The Bertz CT molecular complexity index is 730. The summed E-state index contributed by atoms with van der Waals surface area (Å²) in [7, 11) is 1.74. The molecule has 0 unspecified atom stereocenters. The summed E-state index contributed by atoms with van der Waals surface area (Å²) >= 11 is 0. The van der Waals surface area contributed by atoms with Crippen LogP contribution < -0.4 is 10.1 Å². The number of aromatic amines is 1. The summed E-state index contributed by atoms with van der Waals surface area (Å²) in [5.41, 5.74) is 1.21. The van der Waals surface area contributed by atoms with Gasteiger partial charge in [-0.05, 0) is 13.8 Å². The second kappa shape index (κ2) is 4.80. The molecule has 0 radical (unpaired) electrons. The first kappa shape index (κ1) is 12.4. The van der Waals surface area contributed by atoms with Crippen LogP contribution in [0.25, 0.3) is 11.2 Å². The molecule has 0 aliphatic heterocycles. The first-order chi connectivity index (χ1) is 9.67. The zero-order chi connectivity index (χ0) is 14.1. The van der Waals surface area contributed by atoms with Gasteiger partial charge in [0, 0.05) is 13.1 Å². The maximum atomic E-state index is 5.78. The minimum Gasteiger partial charge on any atom is -0.434 e. The summed E-state index contributed by atoms with van der Waals surface area (Å²) in [6.07, 6.45) is 5.04. The first-order valence-corrected chi connectivity index (χ1v) is 6.28. The number of aromatic nitrogens is 6. The molecule has 3 aromatic rings. The molecule has 3 aromatic heterocycles. The van der Waals surface area contributed by atoms with Crippen molar-refractivity contribution >= 4 is 17.1 Å². The number of hydrogen-bond acceptors (Lipinski definition) is 6. The van der Waals surface area contributed by atoms with Crippen LogP contribution in [0.15, 0.2) is 18.7 Å². The fourth-order valence-corrected chi connectivity index (χ4v) is 1.76. The Morgan fingerprint density at radius 3 is 2.90 bits per heavy atom. The minimum absolute atomic E-state index is 0.276. The number of fused-ring (bicyclic) bond motifs is 1. The maximum Gasteiger partial charge on any atom is 0.250 e. The van der Waals surface area contributed by atoms with Gasteiger partial charge < -0.3 is 15.0 Å². The lowest BCUT2D eigenvalue weighted by atomic mass is 10.4. The van der Waals surface area contributed by atoms with Gasteiger partial charge in [-0.25, -0.2) is 4.98 Å². The SMILES string of the molecule is CNc1nc(Oc2cnn(C(C)C)c2)c2[nH]cnc2n1. The summed E-state index contributed by atoms with van der Waals surface area (Å²) in [5, 5.41) is 7.11. The van der Waals surface area contributed by atoms with E-state index in [1.807, 2.05) is 24.7 Å². The van der Waals surface area contributed by atoms with Gasteiger partial charge in [-0.15, -0.1) is 0 Å². The van der Waals surface area contributed by atoms with Crippen molar-refractivity contribution in [2.45, 2.75) is 19.9 Å². The van der Waals surface area contributed by atoms with Crippen LogP contribution in [0.1, 0.15) is 19.9 Å². The van der Waals surface area contributed by atoms with Crippen molar-refractivity contribution < 1.29 is 4.74 Å². The van der Waals surface area contributed by atoms with Crippen LogP contribution in [0.5, 0.6) is 11.6 Å². The third-order valence-electron chi connectivity index (χ3n) is 2.80. The van der Waals surface area contributed by atoms with Crippen molar-refractivity contribution in [3.05, 3.63) is 18.7 Å². The molecule has 104 valence electrons. The topological polar surface area (TPSA) is 93.5 Å². The van der Waals surface area contributed by atoms with Crippen molar-refractivity contribution in [3.8, 4) is 11.6 Å². The van der Waals surface area contributed by atoms with E-state index in [1.54, 1.807) is 19.6 Å². The number of rotatable bonds is 4. The number of nitrogens with one attached hydrogen (secondary N) is 2. The quantitative estimate of drug-likeness (QED) is 0.754. The summed E-state index contributed by atoms with van der Waals surface area (Å²) in [4.78, 5) is 15.6. The van der Waals surface area contributed by atoms with Crippen LogP contribution in [0.3, 0.4) is 0 Å². The number of anilines is 1. The minimum atomic E-state index is 0.276. The van der Waals surface area contributed by atoms with Gasteiger partial charge in [-0.2, -0.15) is 15.1 Å². The van der Waals surface area contributed by atoms with Gasteiger partial charge in [-0.3, -0.25) is 4.68 Å². The molecule has 2 N–H and O–H groups in total. The van der Waals surface area contributed by atoms with E-state index in [2.05, 4.69) is 30.4 Å². The number of hydrogen-bond donors (Lipinski definition) is 2. The zero-order valence-corrected chi connectivity index (χ0v) is 11.5. The molecule has 0 saturated carbocycles. The van der Waals surface area contributed by atoms with Gasteiger partial charge >= 0.3 is 0 Å². The molecule has 8 heteroatoms. The molecule has 0 aliphatic rings. The van der Waals surface area contributed by atoms with Gasteiger partial charge in [0.2, 0.25) is 5.95 Å². The van der Waals surface area contributed by atoms with Gasteiger partial charge in [0.25, 0.3) is 5.88 Å². The van der Waals surface area contributed by atoms with Gasteiger partial charge in [-0.1, -0.05) is 0 Å². The van der Waals surface area contributed by atoms with E-state index in [-0.39, 0.29) is 6.04 Å². The fraction of sp³-hybridized carbons (Fsp3) is 0.333. The molecule has 0 aliphatic carbocycles. The lowest BCUT2D eigenvalue weighted by Gasteiger charge is -2.05. The van der Waals surface area contributed by atoms with Crippen molar-refractivity contribution in [3.63, 3.8) is 0 Å². The maximum absolute atomic E-state index is 5.78. The predicted octanol–water partition coefficient (Wildman–Crippen LogP) is 1.96. The Labute approximate surface area is 115 Å². The van der Waals surface area contributed by atoms with Crippen molar-refractivity contribution in [1.82, 2.24) is 29.7 Å². The van der Waals surface area contributed by atoms with Gasteiger partial charge in [0.15, 0.2) is 11.4 Å². The largest absolute Gasteiger partial charge is 0.434 e. The zero-order valence-electron chi connectivity index (χ0n) is 11.5. The summed E-state index contributed by atoms with van der Waals surface area (Å²) in [6, 6.07) is 0.276. The molecule has 3 heterocycles. The Morgan fingerprint density at radius 2 is 2.20 bits per heavy atom. The number of imidazole rings is 1. The van der Waals surface area contributed by atoms with Crippen molar-refractivity contribution in [1.29, 1.82) is 0 Å². The molecule has 0 atom stereocenters. The smallest absolute Gasteiger partial charge is 0.250 e. The Hall–Kier alpha value is -2.64. The Balaban J connectivity index is 1.98. The third-order valence-corrected chi connectivity index (χ3v) is 2.80. The highest BCUT2D eigenvalue weighted by Gasteiger charge is 2.12. The fourth-order valence-electron chi connectivity index (χ4n) is 1.76. The molecule has 0 saturated heterocycles. The number of nitrogens with zero attached hydrogens (tertiary/aromatic N) is 5. The van der Waals surface area contributed by atoms with Crippen LogP contribution in [-0.2, 0) is 0 Å². The van der Waals surface area contributed by atoms with E-state index in [4.69, 9.17) is 4.74 Å². The molecule has 0 spiro atoms. The molecule has 0 fully saturated rings. The van der Waals surface area contributed by atoms with Gasteiger partial charge in [0.1, 0.15) is 5.52 Å². The lowest BCUT2D eigenvalue weighted by Crippen LogP contribution is -2.00. The highest BCUT2D eigenvalue weighted by Crippen LogP contribution is 2.26. The number of ether oxygens (including phenoxy) is 1. The van der Waals surface area contributed by atoms with E-state index in [9.17, 15) is 0 Å². The molecular formula is C12H15N7O. The second-order valence-corrected chi connectivity index (χ2v) is 4.56. The molecule has 0 amide bonds. The van der Waals surface area contributed by atoms with Crippen LogP contribution in [0.2, 0.25) is 0 Å². The molecule has 3 rings (SSSR count). The average molecular weight is 273 g/mol. The molecular weight excluding hydrogens is 258 g/mol.